The average molecular weight is 141 g/mol. The molecule has 10 heavy (non-hydrogen) atoms. The molecule has 1 fully saturated rings. The molecule has 0 amide bonds. The van der Waals surface area contributed by atoms with E-state index in [9.17, 15) is 4.79 Å². The van der Waals surface area contributed by atoms with Gasteiger partial charge in [0, 0.05) is 20.7 Å². The number of nitrogens with zero attached hydrogens (tertiary/aromatic N) is 1. The van der Waals surface area contributed by atoms with Crippen LogP contribution in [0.25, 0.3) is 0 Å². The summed E-state index contributed by atoms with van der Waals surface area (Å²) in [6.45, 7) is 0.892. The molecule has 0 spiro atoms. The second-order valence-corrected chi connectivity index (χ2v) is 2.42. The molecule has 0 aromatic carbocycles. The smallest absolute Gasteiger partial charge is 0.148 e. The first kappa shape index (κ1) is 7.32. The molecule has 1 aliphatic heterocycles. The Bertz CT molecular complexity index is 172. The van der Waals surface area contributed by atoms with Crippen molar-refractivity contribution in [3.8, 4) is 0 Å². The number of rotatable bonds is 1. The van der Waals surface area contributed by atoms with Crippen LogP contribution in [0.2, 0.25) is 0 Å². The third-order valence-electron chi connectivity index (χ3n) is 1.83. The van der Waals surface area contributed by atoms with Gasteiger partial charge in [-0.3, -0.25) is 0 Å². The van der Waals surface area contributed by atoms with Crippen LogP contribution in [0, 0.1) is 0 Å². The van der Waals surface area contributed by atoms with Gasteiger partial charge in [0.15, 0.2) is 0 Å². The van der Waals surface area contributed by atoms with E-state index in [0.29, 0.717) is 5.70 Å². The average Bonchev–Trinajstić information content (AvgIpc) is 2.30. The lowest BCUT2D eigenvalue weighted by Crippen LogP contribution is -2.16. The Labute approximate surface area is 60.3 Å². The van der Waals surface area contributed by atoms with E-state index in [1.165, 1.54) is 0 Å². The Morgan fingerprint density at radius 1 is 1.80 bits per heavy atom. The van der Waals surface area contributed by atoms with Gasteiger partial charge in [0.05, 0.1) is 0 Å². The molecule has 1 aliphatic rings. The summed E-state index contributed by atoms with van der Waals surface area (Å²) in [6.07, 6.45) is 0.875. The topological polar surface area (TPSA) is 29.5 Å². The Morgan fingerprint density at radius 2 is 2.50 bits per heavy atom. The van der Waals surface area contributed by atoms with E-state index in [0.717, 1.165) is 13.0 Å². The summed E-state index contributed by atoms with van der Waals surface area (Å²) >= 11 is 0. The SMILES string of the molecule is COC1CCN(C)C1=C=O. The minimum absolute atomic E-state index is 0.0255. The number of likely N-dealkylation sites (tertiary alicyclic amines) is 1. The van der Waals surface area contributed by atoms with Gasteiger partial charge in [-0.15, -0.1) is 0 Å². The molecular formula is C7H11NO2. The van der Waals surface area contributed by atoms with Crippen LogP contribution >= 0.6 is 0 Å². The number of hydrogen-bond acceptors (Lipinski definition) is 3. The quantitative estimate of drug-likeness (QED) is 0.483. The van der Waals surface area contributed by atoms with E-state index in [-0.39, 0.29) is 6.10 Å². The van der Waals surface area contributed by atoms with Gasteiger partial charge >= 0.3 is 0 Å². The Kier molecular flexibility index (Phi) is 2.10. The number of carbonyl (C=O) groups excluding carboxylic acids is 1. The summed E-state index contributed by atoms with van der Waals surface area (Å²) < 4.78 is 5.04. The summed E-state index contributed by atoms with van der Waals surface area (Å²) in [5, 5.41) is 0. The largest absolute Gasteiger partial charge is 0.374 e. The van der Waals surface area contributed by atoms with Crippen molar-refractivity contribution in [2.75, 3.05) is 20.7 Å². The molecule has 1 unspecified atom stereocenters. The molecule has 0 aromatic rings. The van der Waals surface area contributed by atoms with Crippen molar-refractivity contribution in [1.82, 2.24) is 4.90 Å². The lowest BCUT2D eigenvalue weighted by Gasteiger charge is -2.10. The highest BCUT2D eigenvalue weighted by molar-refractivity contribution is 5.54. The second kappa shape index (κ2) is 2.86. The minimum Gasteiger partial charge on any atom is -0.374 e. The van der Waals surface area contributed by atoms with Crippen molar-refractivity contribution in [3.05, 3.63) is 5.70 Å². The molecule has 3 heteroatoms. The molecule has 0 aliphatic carbocycles. The highest BCUT2D eigenvalue weighted by Crippen LogP contribution is 2.18. The summed E-state index contributed by atoms with van der Waals surface area (Å²) in [5.74, 6) is 1.88. The fourth-order valence-corrected chi connectivity index (χ4v) is 1.19. The molecule has 0 aromatic heterocycles. The van der Waals surface area contributed by atoms with Crippen molar-refractivity contribution < 1.29 is 9.53 Å². The first-order valence-electron chi connectivity index (χ1n) is 3.28. The molecule has 0 N–H and O–H groups in total. The third-order valence-corrected chi connectivity index (χ3v) is 1.83. The van der Waals surface area contributed by atoms with Gasteiger partial charge < -0.3 is 9.64 Å². The lowest BCUT2D eigenvalue weighted by atomic mass is 10.3. The molecule has 1 saturated heterocycles. The fraction of sp³-hybridized carbons (Fsp3) is 0.714. The second-order valence-electron chi connectivity index (χ2n) is 2.42. The maximum absolute atomic E-state index is 10.3. The zero-order chi connectivity index (χ0) is 7.56. The van der Waals surface area contributed by atoms with Gasteiger partial charge in [-0.2, -0.15) is 0 Å². The van der Waals surface area contributed by atoms with Crippen LogP contribution in [0.1, 0.15) is 6.42 Å². The predicted molar refractivity (Wildman–Crippen MR) is 37.3 cm³/mol. The van der Waals surface area contributed by atoms with Crippen molar-refractivity contribution in [3.63, 3.8) is 0 Å². The first-order chi connectivity index (χ1) is 4.79. The zero-order valence-electron chi connectivity index (χ0n) is 6.26. The predicted octanol–water partition coefficient (Wildman–Crippen LogP) is 0.0524. The number of methoxy groups -OCH3 is 1. The molecule has 1 heterocycles. The van der Waals surface area contributed by atoms with E-state index >= 15 is 0 Å². The molecule has 0 bridgehead atoms. The Balaban J connectivity index is 2.73. The highest BCUT2D eigenvalue weighted by atomic mass is 16.5. The van der Waals surface area contributed by atoms with Crippen molar-refractivity contribution in [2.24, 2.45) is 0 Å². The Morgan fingerprint density at radius 3 is 2.90 bits per heavy atom. The van der Waals surface area contributed by atoms with Gasteiger partial charge in [-0.05, 0) is 6.42 Å². The van der Waals surface area contributed by atoms with E-state index in [2.05, 4.69) is 0 Å². The van der Waals surface area contributed by atoms with Gasteiger partial charge in [0.25, 0.3) is 0 Å². The molecule has 56 valence electrons. The van der Waals surface area contributed by atoms with Crippen LogP contribution in [0.15, 0.2) is 5.70 Å². The van der Waals surface area contributed by atoms with Crippen LogP contribution in [0.4, 0.5) is 0 Å². The normalized spacial score (nSPS) is 25.2. The standard InChI is InChI=1S/C7H11NO2/c1-8-4-3-7(10-2)6(8)5-9/h7H,3-4H2,1-2H3. The van der Waals surface area contributed by atoms with Crippen molar-refractivity contribution >= 4 is 5.94 Å². The van der Waals surface area contributed by atoms with E-state index in [4.69, 9.17) is 4.74 Å². The lowest BCUT2D eigenvalue weighted by molar-refractivity contribution is 0.136. The van der Waals surface area contributed by atoms with Gasteiger partial charge in [0.1, 0.15) is 17.7 Å². The third kappa shape index (κ3) is 1.06. The number of hydrogen-bond donors (Lipinski definition) is 0. The maximum atomic E-state index is 10.3. The molecule has 0 radical (unpaired) electrons. The van der Waals surface area contributed by atoms with Crippen LogP contribution in [0.5, 0.6) is 0 Å². The maximum Gasteiger partial charge on any atom is 0.148 e. The van der Waals surface area contributed by atoms with Crippen molar-refractivity contribution in [1.29, 1.82) is 0 Å². The molecule has 1 atom stereocenters. The minimum atomic E-state index is -0.0255. The number of ether oxygens (including phenoxy) is 1. The van der Waals surface area contributed by atoms with Gasteiger partial charge in [0.2, 0.25) is 0 Å². The van der Waals surface area contributed by atoms with Crippen molar-refractivity contribution in [2.45, 2.75) is 12.5 Å². The van der Waals surface area contributed by atoms with E-state index < -0.39 is 0 Å². The fourth-order valence-electron chi connectivity index (χ4n) is 1.19. The molecular weight excluding hydrogens is 130 g/mol. The van der Waals surface area contributed by atoms with Gasteiger partial charge in [-0.1, -0.05) is 0 Å². The summed E-state index contributed by atoms with van der Waals surface area (Å²) in [7, 11) is 3.49. The summed E-state index contributed by atoms with van der Waals surface area (Å²) in [6, 6.07) is 0. The summed E-state index contributed by atoms with van der Waals surface area (Å²) in [5.41, 5.74) is 0.641. The monoisotopic (exact) mass is 141 g/mol. The molecule has 0 saturated carbocycles. The Hall–Kier alpha value is -0.790. The van der Waals surface area contributed by atoms with E-state index in [1.54, 1.807) is 7.11 Å². The molecule has 3 nitrogen and oxygen atoms in total. The number of likely N-dealkylation sites (N-methyl/N-ethyl adjacent to an activating group) is 1. The van der Waals surface area contributed by atoms with Crippen LogP contribution < -0.4 is 0 Å². The molecule has 1 rings (SSSR count). The summed E-state index contributed by atoms with van der Waals surface area (Å²) in [4.78, 5) is 12.2. The van der Waals surface area contributed by atoms with E-state index in [1.807, 2.05) is 17.9 Å². The van der Waals surface area contributed by atoms with Crippen LogP contribution in [-0.2, 0) is 9.53 Å². The van der Waals surface area contributed by atoms with Crippen LogP contribution in [0.3, 0.4) is 0 Å². The highest BCUT2D eigenvalue weighted by Gasteiger charge is 2.25. The zero-order valence-corrected chi connectivity index (χ0v) is 6.26. The van der Waals surface area contributed by atoms with Crippen LogP contribution in [-0.4, -0.2) is 37.6 Å². The first-order valence-corrected chi connectivity index (χ1v) is 3.28. The van der Waals surface area contributed by atoms with Gasteiger partial charge in [-0.25, -0.2) is 4.79 Å².